The lowest BCUT2D eigenvalue weighted by Gasteiger charge is -2.18. The normalized spacial score (nSPS) is 11.5. The Morgan fingerprint density at radius 1 is 1.35 bits per heavy atom. The smallest absolute Gasteiger partial charge is 0.413 e. The van der Waals surface area contributed by atoms with Gasteiger partial charge in [0.15, 0.2) is 15.6 Å². The lowest BCUT2D eigenvalue weighted by Crippen LogP contribution is -2.27. The molecule has 2 aromatic rings. The Morgan fingerprint density at radius 2 is 2.06 bits per heavy atom. The number of carbonyl (C=O) groups is 1. The van der Waals surface area contributed by atoms with Crippen molar-refractivity contribution in [1.82, 2.24) is 15.0 Å². The fraction of sp³-hybridized carbons (Fsp3) is 0.400. The summed E-state index contributed by atoms with van der Waals surface area (Å²) < 4.78 is 5.11. The first-order valence-corrected chi connectivity index (χ1v) is 5.83. The van der Waals surface area contributed by atoms with Gasteiger partial charge in [-0.25, -0.2) is 14.8 Å². The molecule has 0 spiro atoms. The van der Waals surface area contributed by atoms with E-state index in [1.165, 1.54) is 11.3 Å². The third-order valence-electron chi connectivity index (χ3n) is 1.66. The van der Waals surface area contributed by atoms with Crippen LogP contribution in [-0.2, 0) is 4.74 Å². The van der Waals surface area contributed by atoms with E-state index in [9.17, 15) is 4.79 Å². The second-order valence-corrected chi connectivity index (χ2v) is 5.31. The molecule has 6 nitrogen and oxygen atoms in total. The van der Waals surface area contributed by atoms with Gasteiger partial charge in [0, 0.05) is 12.4 Å². The van der Waals surface area contributed by atoms with E-state index in [1.54, 1.807) is 33.2 Å². The molecule has 0 saturated carbocycles. The van der Waals surface area contributed by atoms with Gasteiger partial charge >= 0.3 is 6.09 Å². The van der Waals surface area contributed by atoms with Crippen molar-refractivity contribution >= 4 is 33.0 Å². The van der Waals surface area contributed by atoms with Crippen molar-refractivity contribution in [2.24, 2.45) is 0 Å². The van der Waals surface area contributed by atoms with E-state index in [1.807, 2.05) is 0 Å². The summed E-state index contributed by atoms with van der Waals surface area (Å²) in [5.74, 6) is 0. The first-order chi connectivity index (χ1) is 7.94. The molecule has 0 atom stereocenters. The Hall–Kier alpha value is -1.76. The minimum atomic E-state index is -0.531. The number of hydrogen-bond donors (Lipinski definition) is 1. The van der Waals surface area contributed by atoms with Crippen LogP contribution < -0.4 is 5.32 Å². The molecule has 0 radical (unpaired) electrons. The van der Waals surface area contributed by atoms with E-state index in [0.29, 0.717) is 15.6 Å². The number of nitrogens with one attached hydrogen (secondary N) is 1. The molecule has 1 amide bonds. The third kappa shape index (κ3) is 3.10. The van der Waals surface area contributed by atoms with Gasteiger partial charge in [0.05, 0.1) is 0 Å². The number of thiazole rings is 1. The molecule has 90 valence electrons. The maximum absolute atomic E-state index is 11.5. The van der Waals surface area contributed by atoms with Crippen LogP contribution in [0.3, 0.4) is 0 Å². The minimum Gasteiger partial charge on any atom is -0.444 e. The second-order valence-electron chi connectivity index (χ2n) is 4.33. The van der Waals surface area contributed by atoms with E-state index in [4.69, 9.17) is 4.74 Å². The number of rotatable bonds is 1. The number of nitrogens with zero attached hydrogens (tertiary/aromatic N) is 3. The average Bonchev–Trinajstić information content (AvgIpc) is 2.55. The number of fused-ring (bicyclic) bond motifs is 1. The van der Waals surface area contributed by atoms with Crippen molar-refractivity contribution in [3.05, 3.63) is 12.4 Å². The summed E-state index contributed by atoms with van der Waals surface area (Å²) >= 11 is 1.25. The van der Waals surface area contributed by atoms with Gasteiger partial charge in [-0.15, -0.1) is 0 Å². The summed E-state index contributed by atoms with van der Waals surface area (Å²) in [7, 11) is 0. The second kappa shape index (κ2) is 4.25. The van der Waals surface area contributed by atoms with Crippen LogP contribution in [0.2, 0.25) is 0 Å². The number of aromatic nitrogens is 3. The van der Waals surface area contributed by atoms with Crippen molar-refractivity contribution in [1.29, 1.82) is 0 Å². The van der Waals surface area contributed by atoms with Crippen LogP contribution in [0.4, 0.5) is 9.93 Å². The predicted molar refractivity (Wildman–Crippen MR) is 65.1 cm³/mol. The highest BCUT2D eigenvalue weighted by Crippen LogP contribution is 2.22. The molecule has 2 aromatic heterocycles. The summed E-state index contributed by atoms with van der Waals surface area (Å²) in [4.78, 5) is 24.4. The summed E-state index contributed by atoms with van der Waals surface area (Å²) in [6.45, 7) is 5.40. The quantitative estimate of drug-likeness (QED) is 0.843. The SMILES string of the molecule is CC(C)(C)OC(=O)Nc1nc2nccnc2s1. The molecule has 0 aliphatic carbocycles. The van der Waals surface area contributed by atoms with Crippen molar-refractivity contribution in [3.8, 4) is 0 Å². The lowest BCUT2D eigenvalue weighted by atomic mass is 10.2. The molecular weight excluding hydrogens is 240 g/mol. The molecule has 7 heteroatoms. The Kier molecular flexibility index (Phi) is 2.93. The van der Waals surface area contributed by atoms with Gasteiger partial charge in [0.25, 0.3) is 0 Å². The zero-order chi connectivity index (χ0) is 12.5. The van der Waals surface area contributed by atoms with Crippen molar-refractivity contribution < 1.29 is 9.53 Å². The van der Waals surface area contributed by atoms with Crippen molar-refractivity contribution in [2.75, 3.05) is 5.32 Å². The van der Waals surface area contributed by atoms with Gasteiger partial charge in [-0.1, -0.05) is 11.3 Å². The highest BCUT2D eigenvalue weighted by atomic mass is 32.1. The predicted octanol–water partition coefficient (Wildman–Crippen LogP) is 2.43. The van der Waals surface area contributed by atoms with Gasteiger partial charge < -0.3 is 4.74 Å². The summed E-state index contributed by atoms with van der Waals surface area (Å²) in [6.07, 6.45) is 2.61. The molecule has 2 heterocycles. The van der Waals surface area contributed by atoms with Crippen LogP contribution in [-0.4, -0.2) is 26.6 Å². The number of ether oxygens (including phenoxy) is 1. The molecule has 17 heavy (non-hydrogen) atoms. The molecule has 1 N–H and O–H groups in total. The Labute approximate surface area is 102 Å². The van der Waals surface area contributed by atoms with Crippen LogP contribution >= 0.6 is 11.3 Å². The van der Waals surface area contributed by atoms with Crippen LogP contribution in [0.5, 0.6) is 0 Å². The molecule has 0 unspecified atom stereocenters. The zero-order valence-corrected chi connectivity index (χ0v) is 10.5. The average molecular weight is 252 g/mol. The highest BCUT2D eigenvalue weighted by molar-refractivity contribution is 7.21. The molecule has 0 bridgehead atoms. The van der Waals surface area contributed by atoms with Crippen LogP contribution in [0.25, 0.3) is 10.5 Å². The van der Waals surface area contributed by atoms with Crippen LogP contribution in [0.1, 0.15) is 20.8 Å². The molecule has 2 rings (SSSR count). The van der Waals surface area contributed by atoms with Gasteiger partial charge in [0.2, 0.25) is 0 Å². The molecule has 0 aromatic carbocycles. The van der Waals surface area contributed by atoms with Crippen LogP contribution in [0, 0.1) is 0 Å². The topological polar surface area (TPSA) is 77.0 Å². The number of amides is 1. The Morgan fingerprint density at radius 3 is 2.71 bits per heavy atom. The minimum absolute atomic E-state index is 0.431. The van der Waals surface area contributed by atoms with E-state index in [2.05, 4.69) is 20.3 Å². The van der Waals surface area contributed by atoms with Crippen molar-refractivity contribution in [2.45, 2.75) is 26.4 Å². The Bertz CT molecular complexity index is 513. The van der Waals surface area contributed by atoms with E-state index >= 15 is 0 Å². The summed E-state index contributed by atoms with van der Waals surface area (Å²) in [5, 5.41) is 2.99. The van der Waals surface area contributed by atoms with Crippen molar-refractivity contribution in [3.63, 3.8) is 0 Å². The summed E-state index contributed by atoms with van der Waals surface area (Å²) in [6, 6.07) is 0. The summed E-state index contributed by atoms with van der Waals surface area (Å²) in [5.41, 5.74) is -0.0133. The first kappa shape index (κ1) is 11.7. The largest absolute Gasteiger partial charge is 0.444 e. The van der Waals surface area contributed by atoms with Gasteiger partial charge in [-0.3, -0.25) is 5.32 Å². The van der Waals surface area contributed by atoms with E-state index in [0.717, 1.165) is 0 Å². The maximum Gasteiger partial charge on any atom is 0.413 e. The number of anilines is 1. The molecular formula is C10H12N4O2S. The number of carbonyl (C=O) groups excluding carboxylic acids is 1. The van der Waals surface area contributed by atoms with Crippen LogP contribution in [0.15, 0.2) is 12.4 Å². The fourth-order valence-corrected chi connectivity index (χ4v) is 1.87. The fourth-order valence-electron chi connectivity index (χ4n) is 1.12. The Balaban J connectivity index is 2.11. The molecule has 0 aliphatic rings. The number of hydrogen-bond acceptors (Lipinski definition) is 6. The molecule has 0 fully saturated rings. The standard InChI is InChI=1S/C10H12N4O2S/c1-10(2,3)16-9(15)14-8-13-6-7(17-8)12-5-4-11-6/h4-5H,1-3H3,(H,11,13,14,15). The molecule has 0 aliphatic heterocycles. The third-order valence-corrected chi connectivity index (χ3v) is 2.52. The van der Waals surface area contributed by atoms with Gasteiger partial charge in [0.1, 0.15) is 5.60 Å². The molecule has 0 saturated heterocycles. The maximum atomic E-state index is 11.5. The van der Waals surface area contributed by atoms with E-state index in [-0.39, 0.29) is 0 Å². The van der Waals surface area contributed by atoms with E-state index < -0.39 is 11.7 Å². The monoisotopic (exact) mass is 252 g/mol. The first-order valence-electron chi connectivity index (χ1n) is 5.01. The van der Waals surface area contributed by atoms with Gasteiger partial charge in [-0.2, -0.15) is 4.98 Å². The highest BCUT2D eigenvalue weighted by Gasteiger charge is 2.17. The lowest BCUT2D eigenvalue weighted by molar-refractivity contribution is 0.0636. The zero-order valence-electron chi connectivity index (χ0n) is 9.72. The van der Waals surface area contributed by atoms with Gasteiger partial charge in [-0.05, 0) is 20.8 Å².